The van der Waals surface area contributed by atoms with E-state index in [1.807, 2.05) is 57.5 Å². The molecule has 1 heterocycles. The van der Waals surface area contributed by atoms with Crippen LogP contribution in [0.5, 0.6) is 0 Å². The normalized spacial score (nSPS) is 19.5. The molecular formula is C18H28N2O. The van der Waals surface area contributed by atoms with Gasteiger partial charge in [0.05, 0.1) is 18.2 Å². The second kappa shape index (κ2) is 7.99. The van der Waals surface area contributed by atoms with Crippen LogP contribution in [0.4, 0.5) is 0 Å². The van der Waals surface area contributed by atoms with E-state index >= 15 is 0 Å². The van der Waals surface area contributed by atoms with Crippen LogP contribution < -0.4 is 0 Å². The number of benzene rings is 1. The number of aliphatic hydroxyl groups is 1. The van der Waals surface area contributed by atoms with Gasteiger partial charge < -0.3 is 9.67 Å². The monoisotopic (exact) mass is 288 g/mol. The van der Waals surface area contributed by atoms with Crippen molar-refractivity contribution in [1.29, 1.82) is 0 Å². The van der Waals surface area contributed by atoms with Crippen molar-refractivity contribution in [2.24, 2.45) is 7.05 Å². The zero-order valence-electron chi connectivity index (χ0n) is 13.9. The molecule has 1 aliphatic carbocycles. The Kier molecular flexibility index (Phi) is 6.63. The zero-order valence-corrected chi connectivity index (χ0v) is 13.9. The summed E-state index contributed by atoms with van der Waals surface area (Å²) in [5.41, 5.74) is 2.29. The molecule has 21 heavy (non-hydrogen) atoms. The van der Waals surface area contributed by atoms with Crippen molar-refractivity contribution >= 4 is 0 Å². The molecule has 1 unspecified atom stereocenters. The average Bonchev–Trinajstić information content (AvgIpc) is 2.99. The molecule has 0 spiro atoms. The van der Waals surface area contributed by atoms with E-state index in [4.69, 9.17) is 0 Å². The molecule has 0 bridgehead atoms. The van der Waals surface area contributed by atoms with Gasteiger partial charge in [-0.2, -0.15) is 0 Å². The Labute approximate surface area is 128 Å². The average molecular weight is 288 g/mol. The Morgan fingerprint density at radius 1 is 1.14 bits per heavy atom. The Morgan fingerprint density at radius 3 is 2.43 bits per heavy atom. The number of rotatable bonds is 1. The first-order valence-electron chi connectivity index (χ1n) is 7.99. The Morgan fingerprint density at radius 2 is 1.81 bits per heavy atom. The molecule has 1 aromatic carbocycles. The first-order valence-corrected chi connectivity index (χ1v) is 7.99. The molecule has 0 amide bonds. The molecule has 0 aliphatic heterocycles. The Bertz CT molecular complexity index is 548. The molecule has 116 valence electrons. The molecule has 3 nitrogen and oxygen atoms in total. The van der Waals surface area contributed by atoms with E-state index in [1.165, 1.54) is 5.56 Å². The highest BCUT2D eigenvalue weighted by atomic mass is 16.3. The molecule has 1 N–H and O–H groups in total. The lowest BCUT2D eigenvalue weighted by molar-refractivity contribution is 0.0543. The Hall–Kier alpha value is -1.61. The lowest BCUT2D eigenvalue weighted by Gasteiger charge is -2.34. The van der Waals surface area contributed by atoms with Gasteiger partial charge in [0.25, 0.3) is 0 Å². The number of hydrogen-bond acceptors (Lipinski definition) is 2. The third kappa shape index (κ3) is 3.35. The number of hydrogen-bond donors (Lipinski definition) is 1. The number of fused-ring (bicyclic) bond motifs is 1. The fraction of sp³-hybridized carbons (Fsp3) is 0.500. The van der Waals surface area contributed by atoms with Crippen molar-refractivity contribution in [3.63, 3.8) is 0 Å². The highest BCUT2D eigenvalue weighted by Crippen LogP contribution is 2.39. The van der Waals surface area contributed by atoms with Gasteiger partial charge in [0.15, 0.2) is 0 Å². The molecule has 2 aromatic rings. The van der Waals surface area contributed by atoms with Gasteiger partial charge in [0.2, 0.25) is 0 Å². The van der Waals surface area contributed by atoms with Crippen LogP contribution in [-0.4, -0.2) is 14.7 Å². The largest absolute Gasteiger partial charge is 0.379 e. The SMILES string of the molecule is CC.CC.Cn1cncc1C1(O)CCCc2ccccc21. The van der Waals surface area contributed by atoms with E-state index in [9.17, 15) is 5.11 Å². The van der Waals surface area contributed by atoms with Crippen LogP contribution in [0.3, 0.4) is 0 Å². The van der Waals surface area contributed by atoms with Crippen LogP contribution >= 0.6 is 0 Å². The lowest BCUT2D eigenvalue weighted by Crippen LogP contribution is -2.33. The summed E-state index contributed by atoms with van der Waals surface area (Å²) >= 11 is 0. The third-order valence-corrected chi connectivity index (χ3v) is 3.69. The summed E-state index contributed by atoms with van der Waals surface area (Å²) in [7, 11) is 1.93. The minimum Gasteiger partial charge on any atom is -0.379 e. The van der Waals surface area contributed by atoms with Gasteiger partial charge in [0.1, 0.15) is 5.60 Å². The van der Waals surface area contributed by atoms with E-state index < -0.39 is 5.60 Å². The van der Waals surface area contributed by atoms with Gasteiger partial charge in [-0.15, -0.1) is 0 Å². The summed E-state index contributed by atoms with van der Waals surface area (Å²) in [6, 6.07) is 8.16. The standard InChI is InChI=1S/C14H16N2O.2C2H6/c1-16-10-15-9-13(16)14(17)8-4-6-11-5-2-3-7-12(11)14;2*1-2/h2-3,5,7,9-10,17H,4,6,8H2,1H3;2*1-2H3. The summed E-state index contributed by atoms with van der Waals surface area (Å²) in [6.45, 7) is 8.00. The second-order valence-electron chi connectivity index (χ2n) is 4.76. The minimum atomic E-state index is -0.875. The number of aryl methyl sites for hydroxylation is 2. The van der Waals surface area contributed by atoms with E-state index in [0.717, 1.165) is 30.5 Å². The van der Waals surface area contributed by atoms with Crippen LogP contribution in [0.15, 0.2) is 36.8 Å². The van der Waals surface area contributed by atoms with E-state index in [-0.39, 0.29) is 0 Å². The highest BCUT2D eigenvalue weighted by Gasteiger charge is 2.37. The van der Waals surface area contributed by atoms with Crippen molar-refractivity contribution in [2.45, 2.75) is 52.6 Å². The first kappa shape index (κ1) is 17.4. The van der Waals surface area contributed by atoms with Crippen molar-refractivity contribution < 1.29 is 5.11 Å². The molecule has 1 atom stereocenters. The van der Waals surface area contributed by atoms with E-state index in [2.05, 4.69) is 11.1 Å². The molecule has 3 heteroatoms. The zero-order chi connectivity index (χ0) is 15.9. The fourth-order valence-corrected chi connectivity index (χ4v) is 2.83. The van der Waals surface area contributed by atoms with Gasteiger partial charge in [-0.1, -0.05) is 52.0 Å². The fourth-order valence-electron chi connectivity index (χ4n) is 2.83. The van der Waals surface area contributed by atoms with Crippen molar-refractivity contribution in [1.82, 2.24) is 9.55 Å². The number of nitrogens with zero attached hydrogens (tertiary/aromatic N) is 2. The van der Waals surface area contributed by atoms with Crippen LogP contribution in [0.1, 0.15) is 57.4 Å². The van der Waals surface area contributed by atoms with Crippen LogP contribution in [0.2, 0.25) is 0 Å². The topological polar surface area (TPSA) is 38.0 Å². The molecule has 3 rings (SSSR count). The molecule has 0 fully saturated rings. The number of imidazole rings is 1. The summed E-state index contributed by atoms with van der Waals surface area (Å²) in [5.74, 6) is 0. The van der Waals surface area contributed by atoms with Crippen LogP contribution in [0, 0.1) is 0 Å². The predicted octanol–water partition coefficient (Wildman–Crippen LogP) is 4.04. The minimum absolute atomic E-state index is 0.767. The van der Waals surface area contributed by atoms with Gasteiger partial charge in [-0.25, -0.2) is 4.98 Å². The molecule has 1 aromatic heterocycles. The summed E-state index contributed by atoms with van der Waals surface area (Å²) in [6.07, 6.45) is 6.34. The summed E-state index contributed by atoms with van der Waals surface area (Å²) < 4.78 is 1.90. The first-order chi connectivity index (χ1) is 10.2. The third-order valence-electron chi connectivity index (χ3n) is 3.69. The lowest BCUT2D eigenvalue weighted by atomic mass is 9.77. The molecule has 0 saturated carbocycles. The van der Waals surface area contributed by atoms with Gasteiger partial charge in [-0.05, 0) is 30.4 Å². The highest BCUT2D eigenvalue weighted by molar-refractivity contribution is 5.40. The van der Waals surface area contributed by atoms with Crippen LogP contribution in [-0.2, 0) is 19.1 Å². The smallest absolute Gasteiger partial charge is 0.131 e. The molecular weight excluding hydrogens is 260 g/mol. The predicted molar refractivity (Wildman–Crippen MR) is 88.3 cm³/mol. The second-order valence-corrected chi connectivity index (χ2v) is 4.76. The van der Waals surface area contributed by atoms with E-state index in [0.29, 0.717) is 0 Å². The molecule has 0 radical (unpaired) electrons. The van der Waals surface area contributed by atoms with Gasteiger partial charge in [0, 0.05) is 7.05 Å². The maximum atomic E-state index is 11.0. The Balaban J connectivity index is 0.000000510. The quantitative estimate of drug-likeness (QED) is 0.860. The number of aromatic nitrogens is 2. The van der Waals surface area contributed by atoms with Gasteiger partial charge >= 0.3 is 0 Å². The molecule has 1 aliphatic rings. The maximum Gasteiger partial charge on any atom is 0.131 e. The van der Waals surface area contributed by atoms with Crippen molar-refractivity contribution in [3.8, 4) is 0 Å². The van der Waals surface area contributed by atoms with E-state index in [1.54, 1.807) is 12.5 Å². The van der Waals surface area contributed by atoms with Gasteiger partial charge in [-0.3, -0.25) is 0 Å². The maximum absolute atomic E-state index is 11.0. The molecule has 0 saturated heterocycles. The summed E-state index contributed by atoms with van der Waals surface area (Å²) in [5, 5.41) is 11.0. The summed E-state index contributed by atoms with van der Waals surface area (Å²) in [4.78, 5) is 4.12. The van der Waals surface area contributed by atoms with Crippen molar-refractivity contribution in [3.05, 3.63) is 53.6 Å². The van der Waals surface area contributed by atoms with Crippen molar-refractivity contribution in [2.75, 3.05) is 0 Å². The van der Waals surface area contributed by atoms with Crippen LogP contribution in [0.25, 0.3) is 0 Å².